The topological polar surface area (TPSA) is 29.3 Å². The molecular formula is C13H18F2N2. The minimum Gasteiger partial charge on any atom is -0.329 e. The molecule has 1 saturated heterocycles. The summed E-state index contributed by atoms with van der Waals surface area (Å²) in [5.74, 6) is -1.51. The number of rotatable bonds is 3. The summed E-state index contributed by atoms with van der Waals surface area (Å²) in [4.78, 5) is 2.16. The van der Waals surface area contributed by atoms with E-state index in [1.807, 2.05) is 6.92 Å². The van der Waals surface area contributed by atoms with Crippen LogP contribution in [0.3, 0.4) is 0 Å². The maximum atomic E-state index is 13.7. The van der Waals surface area contributed by atoms with Crippen molar-refractivity contribution in [1.82, 2.24) is 4.90 Å². The molecule has 94 valence electrons. The van der Waals surface area contributed by atoms with E-state index in [9.17, 15) is 8.78 Å². The Balaban J connectivity index is 2.24. The number of hydrogen-bond acceptors (Lipinski definition) is 2. The van der Waals surface area contributed by atoms with Crippen LogP contribution in [0.1, 0.15) is 31.4 Å². The highest BCUT2D eigenvalue weighted by atomic mass is 19.2. The van der Waals surface area contributed by atoms with E-state index in [0.717, 1.165) is 25.5 Å². The van der Waals surface area contributed by atoms with E-state index < -0.39 is 11.6 Å². The minimum atomic E-state index is -0.780. The maximum Gasteiger partial charge on any atom is 0.163 e. The largest absolute Gasteiger partial charge is 0.329 e. The Hall–Kier alpha value is -1.00. The summed E-state index contributed by atoms with van der Waals surface area (Å²) in [6.07, 6.45) is 2.11. The molecule has 0 aromatic heterocycles. The summed E-state index contributed by atoms with van der Waals surface area (Å²) < 4.78 is 26.9. The molecule has 0 bridgehead atoms. The van der Waals surface area contributed by atoms with Crippen LogP contribution in [0.25, 0.3) is 0 Å². The Labute approximate surface area is 100 Å². The predicted molar refractivity (Wildman–Crippen MR) is 63.6 cm³/mol. The van der Waals surface area contributed by atoms with E-state index in [4.69, 9.17) is 5.73 Å². The highest BCUT2D eigenvalue weighted by Crippen LogP contribution is 2.30. The molecule has 2 N–H and O–H groups in total. The molecule has 2 rings (SSSR count). The van der Waals surface area contributed by atoms with Gasteiger partial charge in [0.05, 0.1) is 0 Å². The third-order valence-corrected chi connectivity index (χ3v) is 3.62. The Morgan fingerprint density at radius 2 is 2.24 bits per heavy atom. The first-order valence-electron chi connectivity index (χ1n) is 6.05. The highest BCUT2D eigenvalue weighted by molar-refractivity contribution is 5.22. The van der Waals surface area contributed by atoms with Crippen molar-refractivity contribution >= 4 is 0 Å². The van der Waals surface area contributed by atoms with Gasteiger partial charge in [-0.25, -0.2) is 8.78 Å². The summed E-state index contributed by atoms with van der Waals surface area (Å²) >= 11 is 0. The number of halogens is 2. The van der Waals surface area contributed by atoms with Crippen LogP contribution in [0.15, 0.2) is 18.2 Å². The van der Waals surface area contributed by atoms with E-state index in [0.29, 0.717) is 12.1 Å². The molecule has 0 spiro atoms. The highest BCUT2D eigenvalue weighted by Gasteiger charge is 2.29. The molecule has 1 aromatic rings. The first kappa shape index (κ1) is 12.5. The van der Waals surface area contributed by atoms with E-state index in [1.165, 1.54) is 0 Å². The fraction of sp³-hybridized carbons (Fsp3) is 0.538. The van der Waals surface area contributed by atoms with Crippen LogP contribution >= 0.6 is 0 Å². The molecular weight excluding hydrogens is 222 g/mol. The average molecular weight is 240 g/mol. The van der Waals surface area contributed by atoms with Gasteiger partial charge < -0.3 is 5.73 Å². The van der Waals surface area contributed by atoms with Crippen molar-refractivity contribution < 1.29 is 8.78 Å². The smallest absolute Gasteiger partial charge is 0.163 e. The normalized spacial score (nSPS) is 22.9. The summed E-state index contributed by atoms with van der Waals surface area (Å²) in [5, 5.41) is 0. The van der Waals surface area contributed by atoms with Gasteiger partial charge in [-0.15, -0.1) is 0 Å². The third kappa shape index (κ3) is 2.33. The van der Waals surface area contributed by atoms with Crippen LogP contribution in [0.2, 0.25) is 0 Å². The second-order valence-electron chi connectivity index (χ2n) is 4.59. The standard InChI is InChI=1S/C13H18F2N2/c1-9(17-7-3-4-10(17)8-16)11-5-2-6-12(14)13(11)15/h2,5-6,9-10H,3-4,7-8,16H2,1H3. The zero-order valence-electron chi connectivity index (χ0n) is 10.00. The number of nitrogens with two attached hydrogens (primary N) is 1. The van der Waals surface area contributed by atoms with Crippen molar-refractivity contribution in [1.29, 1.82) is 0 Å². The monoisotopic (exact) mass is 240 g/mol. The van der Waals surface area contributed by atoms with Crippen LogP contribution < -0.4 is 5.73 Å². The van der Waals surface area contributed by atoms with Crippen molar-refractivity contribution in [3.63, 3.8) is 0 Å². The van der Waals surface area contributed by atoms with E-state index >= 15 is 0 Å². The summed E-state index contributed by atoms with van der Waals surface area (Å²) in [6.45, 7) is 3.38. The van der Waals surface area contributed by atoms with Gasteiger partial charge in [0.1, 0.15) is 0 Å². The molecule has 1 fully saturated rings. The summed E-state index contributed by atoms with van der Waals surface area (Å²) in [6, 6.07) is 4.51. The molecule has 17 heavy (non-hydrogen) atoms. The Morgan fingerprint density at radius 1 is 1.47 bits per heavy atom. The van der Waals surface area contributed by atoms with Gasteiger partial charge in [-0.3, -0.25) is 4.90 Å². The first-order chi connectivity index (χ1) is 8.15. The molecule has 0 saturated carbocycles. The lowest BCUT2D eigenvalue weighted by molar-refractivity contribution is 0.192. The minimum absolute atomic E-state index is 0.123. The number of hydrogen-bond donors (Lipinski definition) is 1. The molecule has 1 aliphatic heterocycles. The molecule has 0 amide bonds. The zero-order valence-corrected chi connectivity index (χ0v) is 10.00. The molecule has 2 atom stereocenters. The number of benzene rings is 1. The molecule has 0 aliphatic carbocycles. The van der Waals surface area contributed by atoms with Crippen LogP contribution in [0.5, 0.6) is 0 Å². The first-order valence-corrected chi connectivity index (χ1v) is 6.05. The van der Waals surface area contributed by atoms with Gasteiger partial charge in [-0.05, 0) is 32.4 Å². The predicted octanol–water partition coefficient (Wildman–Crippen LogP) is 2.45. The van der Waals surface area contributed by atoms with E-state index in [-0.39, 0.29) is 12.1 Å². The van der Waals surface area contributed by atoms with Crippen LogP contribution in [-0.4, -0.2) is 24.0 Å². The van der Waals surface area contributed by atoms with Gasteiger partial charge in [0, 0.05) is 24.2 Å². The Bertz CT molecular complexity index is 395. The van der Waals surface area contributed by atoms with E-state index in [2.05, 4.69) is 4.90 Å². The average Bonchev–Trinajstić information content (AvgIpc) is 2.80. The molecule has 4 heteroatoms. The van der Waals surface area contributed by atoms with Crippen molar-refractivity contribution in [3.8, 4) is 0 Å². The molecule has 2 unspecified atom stereocenters. The van der Waals surface area contributed by atoms with Gasteiger partial charge >= 0.3 is 0 Å². The lowest BCUT2D eigenvalue weighted by atomic mass is 10.0. The van der Waals surface area contributed by atoms with Gasteiger partial charge in [-0.1, -0.05) is 12.1 Å². The van der Waals surface area contributed by atoms with Gasteiger partial charge in [-0.2, -0.15) is 0 Å². The SMILES string of the molecule is CC(c1cccc(F)c1F)N1CCCC1CN. The lowest BCUT2D eigenvalue weighted by Gasteiger charge is -2.30. The molecule has 1 aliphatic rings. The fourth-order valence-electron chi connectivity index (χ4n) is 2.64. The van der Waals surface area contributed by atoms with Crippen molar-refractivity contribution in [3.05, 3.63) is 35.4 Å². The van der Waals surface area contributed by atoms with Crippen molar-refractivity contribution in [2.45, 2.75) is 31.8 Å². The zero-order chi connectivity index (χ0) is 12.4. The van der Waals surface area contributed by atoms with Gasteiger partial charge in [0.2, 0.25) is 0 Å². The molecule has 2 nitrogen and oxygen atoms in total. The molecule has 1 aromatic carbocycles. The van der Waals surface area contributed by atoms with Crippen LogP contribution in [0.4, 0.5) is 8.78 Å². The molecule has 0 radical (unpaired) electrons. The van der Waals surface area contributed by atoms with Gasteiger partial charge in [0.25, 0.3) is 0 Å². The fourth-order valence-corrected chi connectivity index (χ4v) is 2.64. The van der Waals surface area contributed by atoms with Crippen LogP contribution in [-0.2, 0) is 0 Å². The Kier molecular flexibility index (Phi) is 3.74. The maximum absolute atomic E-state index is 13.7. The summed E-state index contributed by atoms with van der Waals surface area (Å²) in [7, 11) is 0. The lowest BCUT2D eigenvalue weighted by Crippen LogP contribution is -2.37. The number of likely N-dealkylation sites (tertiary alicyclic amines) is 1. The number of nitrogens with zero attached hydrogens (tertiary/aromatic N) is 1. The third-order valence-electron chi connectivity index (χ3n) is 3.62. The molecule has 1 heterocycles. The van der Waals surface area contributed by atoms with Crippen molar-refractivity contribution in [2.75, 3.05) is 13.1 Å². The summed E-state index contributed by atoms with van der Waals surface area (Å²) in [5.41, 5.74) is 6.12. The second-order valence-corrected chi connectivity index (χ2v) is 4.59. The van der Waals surface area contributed by atoms with Gasteiger partial charge in [0.15, 0.2) is 11.6 Å². The second kappa shape index (κ2) is 5.10. The quantitative estimate of drug-likeness (QED) is 0.879. The Morgan fingerprint density at radius 3 is 2.94 bits per heavy atom. The van der Waals surface area contributed by atoms with E-state index in [1.54, 1.807) is 12.1 Å². The van der Waals surface area contributed by atoms with Crippen LogP contribution in [0, 0.1) is 11.6 Å². The van der Waals surface area contributed by atoms with Crippen molar-refractivity contribution in [2.24, 2.45) is 5.73 Å².